The lowest BCUT2D eigenvalue weighted by Gasteiger charge is -2.05. The maximum atomic E-state index is 10.7. The second kappa shape index (κ2) is 4.45. The molecule has 0 unspecified atom stereocenters. The van der Waals surface area contributed by atoms with Gasteiger partial charge in [-0.05, 0) is 6.42 Å². The number of hydrogen-bond acceptors (Lipinski definition) is 4. The van der Waals surface area contributed by atoms with Crippen molar-refractivity contribution < 1.29 is 14.6 Å². The summed E-state index contributed by atoms with van der Waals surface area (Å²) in [7, 11) is 0. The molecule has 5 heteroatoms. The van der Waals surface area contributed by atoms with Crippen LogP contribution in [0.15, 0.2) is 12.3 Å². The zero-order valence-corrected chi connectivity index (χ0v) is 7.86. The SMILES string of the molecule is CCCOc1cc(C(=O)O)c(N)cn1. The molecule has 76 valence electrons. The third kappa shape index (κ3) is 2.35. The van der Waals surface area contributed by atoms with Gasteiger partial charge in [0.2, 0.25) is 5.88 Å². The molecule has 0 aliphatic carbocycles. The van der Waals surface area contributed by atoms with Crippen LogP contribution in [0.3, 0.4) is 0 Å². The van der Waals surface area contributed by atoms with E-state index in [0.29, 0.717) is 12.5 Å². The van der Waals surface area contributed by atoms with Gasteiger partial charge in [-0.2, -0.15) is 0 Å². The first-order valence-electron chi connectivity index (χ1n) is 4.26. The minimum atomic E-state index is -1.08. The third-order valence-corrected chi connectivity index (χ3v) is 1.59. The molecular formula is C9H12N2O3. The Morgan fingerprint density at radius 2 is 2.43 bits per heavy atom. The lowest BCUT2D eigenvalue weighted by molar-refractivity contribution is 0.0697. The molecule has 0 saturated heterocycles. The van der Waals surface area contributed by atoms with Crippen molar-refractivity contribution in [2.45, 2.75) is 13.3 Å². The quantitative estimate of drug-likeness (QED) is 0.754. The number of aromatic carboxylic acids is 1. The molecule has 3 N–H and O–H groups in total. The number of aromatic nitrogens is 1. The molecular weight excluding hydrogens is 184 g/mol. The summed E-state index contributed by atoms with van der Waals surface area (Å²) in [4.78, 5) is 14.5. The number of nitrogens with zero attached hydrogens (tertiary/aromatic N) is 1. The lowest BCUT2D eigenvalue weighted by Crippen LogP contribution is -2.05. The topological polar surface area (TPSA) is 85.4 Å². The Balaban J connectivity index is 2.89. The summed E-state index contributed by atoms with van der Waals surface area (Å²) in [5, 5.41) is 8.75. The Morgan fingerprint density at radius 1 is 1.71 bits per heavy atom. The fourth-order valence-electron chi connectivity index (χ4n) is 0.918. The zero-order valence-electron chi connectivity index (χ0n) is 7.86. The molecule has 0 fully saturated rings. The lowest BCUT2D eigenvalue weighted by atomic mass is 10.2. The average molecular weight is 196 g/mol. The van der Waals surface area contributed by atoms with E-state index in [2.05, 4.69) is 4.98 Å². The number of pyridine rings is 1. The first kappa shape index (κ1) is 10.3. The van der Waals surface area contributed by atoms with Crippen LogP contribution < -0.4 is 10.5 Å². The molecule has 0 saturated carbocycles. The summed E-state index contributed by atoms with van der Waals surface area (Å²) in [6.07, 6.45) is 2.13. The van der Waals surface area contributed by atoms with E-state index in [9.17, 15) is 4.79 Å². The molecule has 5 nitrogen and oxygen atoms in total. The molecule has 0 amide bonds. The van der Waals surface area contributed by atoms with Crippen LogP contribution in [0.2, 0.25) is 0 Å². The Kier molecular flexibility index (Phi) is 3.28. The van der Waals surface area contributed by atoms with Crippen LogP contribution in [0.1, 0.15) is 23.7 Å². The number of nitrogens with two attached hydrogens (primary N) is 1. The molecule has 1 rings (SSSR count). The van der Waals surface area contributed by atoms with Gasteiger partial charge in [-0.1, -0.05) is 6.92 Å². The van der Waals surface area contributed by atoms with Crippen LogP contribution in [0.25, 0.3) is 0 Å². The number of carbonyl (C=O) groups is 1. The van der Waals surface area contributed by atoms with Crippen LogP contribution in [0, 0.1) is 0 Å². The largest absolute Gasteiger partial charge is 0.478 e. The van der Waals surface area contributed by atoms with Crippen LogP contribution in [-0.2, 0) is 0 Å². The Labute approximate surface area is 81.5 Å². The highest BCUT2D eigenvalue weighted by Crippen LogP contribution is 2.16. The van der Waals surface area contributed by atoms with E-state index >= 15 is 0 Å². The smallest absolute Gasteiger partial charge is 0.338 e. The van der Waals surface area contributed by atoms with Crippen molar-refractivity contribution in [1.29, 1.82) is 0 Å². The van der Waals surface area contributed by atoms with Crippen LogP contribution in [-0.4, -0.2) is 22.7 Å². The molecule has 0 radical (unpaired) electrons. The molecule has 1 heterocycles. The van der Waals surface area contributed by atoms with Gasteiger partial charge in [-0.25, -0.2) is 9.78 Å². The van der Waals surface area contributed by atoms with Gasteiger partial charge in [0.15, 0.2) is 0 Å². The third-order valence-electron chi connectivity index (χ3n) is 1.59. The predicted octanol–water partition coefficient (Wildman–Crippen LogP) is 1.15. The summed E-state index contributed by atoms with van der Waals surface area (Å²) in [5.74, 6) is -0.787. The van der Waals surface area contributed by atoms with Crippen molar-refractivity contribution in [1.82, 2.24) is 4.98 Å². The normalized spacial score (nSPS) is 9.79. The maximum absolute atomic E-state index is 10.7. The summed E-state index contributed by atoms with van der Waals surface area (Å²) >= 11 is 0. The summed E-state index contributed by atoms with van der Waals surface area (Å²) in [6.45, 7) is 2.46. The fourth-order valence-corrected chi connectivity index (χ4v) is 0.918. The van der Waals surface area contributed by atoms with Gasteiger partial charge >= 0.3 is 5.97 Å². The van der Waals surface area contributed by atoms with E-state index in [1.54, 1.807) is 0 Å². The molecule has 0 bridgehead atoms. The van der Waals surface area contributed by atoms with Crippen LogP contribution in [0.4, 0.5) is 5.69 Å². The van der Waals surface area contributed by atoms with E-state index in [1.165, 1.54) is 12.3 Å². The zero-order chi connectivity index (χ0) is 10.6. The van der Waals surface area contributed by atoms with Gasteiger partial charge in [-0.3, -0.25) is 0 Å². The number of ether oxygens (including phenoxy) is 1. The van der Waals surface area contributed by atoms with Crippen LogP contribution >= 0.6 is 0 Å². The van der Waals surface area contributed by atoms with Crippen LogP contribution in [0.5, 0.6) is 5.88 Å². The molecule has 1 aromatic heterocycles. The maximum Gasteiger partial charge on any atom is 0.338 e. The highest BCUT2D eigenvalue weighted by Gasteiger charge is 2.09. The van der Waals surface area contributed by atoms with Gasteiger partial charge in [0, 0.05) is 6.07 Å². The summed E-state index contributed by atoms with van der Waals surface area (Å²) in [5.41, 5.74) is 5.58. The average Bonchev–Trinajstić information content (AvgIpc) is 2.16. The van der Waals surface area contributed by atoms with Crippen molar-refractivity contribution in [3.8, 4) is 5.88 Å². The van der Waals surface area contributed by atoms with Crippen molar-refractivity contribution in [2.75, 3.05) is 12.3 Å². The second-order valence-corrected chi connectivity index (χ2v) is 2.76. The molecule has 0 atom stereocenters. The molecule has 0 spiro atoms. The van der Waals surface area contributed by atoms with E-state index in [0.717, 1.165) is 6.42 Å². The highest BCUT2D eigenvalue weighted by molar-refractivity contribution is 5.93. The number of nitrogen functional groups attached to an aromatic ring is 1. The van der Waals surface area contributed by atoms with E-state index < -0.39 is 5.97 Å². The Morgan fingerprint density at radius 3 is 3.00 bits per heavy atom. The van der Waals surface area contributed by atoms with Gasteiger partial charge < -0.3 is 15.6 Å². The van der Waals surface area contributed by atoms with E-state index in [1.807, 2.05) is 6.92 Å². The second-order valence-electron chi connectivity index (χ2n) is 2.76. The predicted molar refractivity (Wildman–Crippen MR) is 51.4 cm³/mol. The standard InChI is InChI=1S/C9H12N2O3/c1-2-3-14-8-4-6(9(12)13)7(10)5-11-8/h4-5H,2-3,10H2,1H3,(H,12,13). The van der Waals surface area contributed by atoms with Gasteiger partial charge in [0.05, 0.1) is 24.1 Å². The van der Waals surface area contributed by atoms with Crippen molar-refractivity contribution in [2.24, 2.45) is 0 Å². The highest BCUT2D eigenvalue weighted by atomic mass is 16.5. The minimum Gasteiger partial charge on any atom is -0.478 e. The van der Waals surface area contributed by atoms with Gasteiger partial charge in [-0.15, -0.1) is 0 Å². The van der Waals surface area contributed by atoms with Gasteiger partial charge in [0.25, 0.3) is 0 Å². The molecule has 1 aromatic rings. The van der Waals surface area contributed by atoms with Crippen molar-refractivity contribution >= 4 is 11.7 Å². The number of carboxylic acid groups (broad SMARTS) is 1. The Hall–Kier alpha value is -1.78. The molecule has 14 heavy (non-hydrogen) atoms. The first-order valence-corrected chi connectivity index (χ1v) is 4.26. The number of carboxylic acids is 1. The summed E-state index contributed by atoms with van der Waals surface area (Å²) in [6, 6.07) is 1.33. The monoisotopic (exact) mass is 196 g/mol. The Bertz CT molecular complexity index is 339. The number of hydrogen-bond donors (Lipinski definition) is 2. The first-order chi connectivity index (χ1) is 6.65. The van der Waals surface area contributed by atoms with Crippen molar-refractivity contribution in [3.63, 3.8) is 0 Å². The van der Waals surface area contributed by atoms with E-state index in [-0.39, 0.29) is 11.3 Å². The fraction of sp³-hybridized carbons (Fsp3) is 0.333. The minimum absolute atomic E-state index is 0.0195. The molecule has 0 aromatic carbocycles. The van der Waals surface area contributed by atoms with Gasteiger partial charge in [0.1, 0.15) is 0 Å². The number of rotatable bonds is 4. The summed E-state index contributed by atoms with van der Waals surface area (Å²) < 4.78 is 5.17. The molecule has 0 aliphatic heterocycles. The molecule has 0 aliphatic rings. The van der Waals surface area contributed by atoms with E-state index in [4.69, 9.17) is 15.6 Å². The number of anilines is 1. The van der Waals surface area contributed by atoms with Crippen molar-refractivity contribution in [3.05, 3.63) is 17.8 Å².